The number of nitrogens with two attached hydrogens (primary N) is 1. The van der Waals surface area contributed by atoms with Crippen LogP contribution in [-0.4, -0.2) is 17.5 Å². The molecule has 0 saturated heterocycles. The molecule has 1 aromatic carbocycles. The average Bonchev–Trinajstić information content (AvgIpc) is 2.15. The number of hydrogen-bond donors (Lipinski definition) is 4. The first-order valence-electron chi connectivity index (χ1n) is 4.50. The van der Waals surface area contributed by atoms with Gasteiger partial charge in [-0.2, -0.15) is 8.42 Å². The first-order chi connectivity index (χ1) is 7.24. The Balaban J connectivity index is 0.000000385. The molecule has 0 radical (unpaired) electrons. The molecule has 92 valence electrons. The van der Waals surface area contributed by atoms with Crippen LogP contribution in [0.5, 0.6) is 0 Å². The molecule has 0 atom stereocenters. The number of anilines is 1. The predicted molar refractivity (Wildman–Crippen MR) is 62.5 cm³/mol. The van der Waals surface area contributed by atoms with Gasteiger partial charge in [-0.1, -0.05) is 26.0 Å². The van der Waals surface area contributed by atoms with Crippen LogP contribution in [0.2, 0.25) is 0 Å². The number of hydrazine groups is 1. The fraction of sp³-hybridized carbons (Fsp3) is 0.333. The highest BCUT2D eigenvalue weighted by atomic mass is 32.3. The topological polar surface area (TPSA) is 113 Å². The first kappa shape index (κ1) is 14.8. The number of nitrogens with one attached hydrogen (secondary N) is 1. The summed E-state index contributed by atoms with van der Waals surface area (Å²) in [7, 11) is -4.67. The molecule has 1 rings (SSSR count). The summed E-state index contributed by atoms with van der Waals surface area (Å²) in [5, 5.41) is 0. The third-order valence-corrected chi connectivity index (χ3v) is 1.72. The van der Waals surface area contributed by atoms with Gasteiger partial charge in [0, 0.05) is 5.69 Å². The van der Waals surface area contributed by atoms with E-state index in [1.807, 2.05) is 12.1 Å². The van der Waals surface area contributed by atoms with Gasteiger partial charge in [0.05, 0.1) is 0 Å². The van der Waals surface area contributed by atoms with Crippen LogP contribution in [0, 0.1) is 0 Å². The second-order valence-corrected chi connectivity index (χ2v) is 4.27. The summed E-state index contributed by atoms with van der Waals surface area (Å²) in [5.41, 5.74) is 4.90. The van der Waals surface area contributed by atoms with Crippen molar-refractivity contribution in [2.45, 2.75) is 19.8 Å². The highest BCUT2D eigenvalue weighted by molar-refractivity contribution is 7.79. The molecule has 7 heteroatoms. The Bertz CT molecular complexity index is 409. The Morgan fingerprint density at radius 2 is 1.81 bits per heavy atom. The van der Waals surface area contributed by atoms with Gasteiger partial charge >= 0.3 is 10.4 Å². The van der Waals surface area contributed by atoms with Crippen molar-refractivity contribution in [1.82, 2.24) is 0 Å². The molecule has 0 spiro atoms. The summed E-state index contributed by atoms with van der Waals surface area (Å²) in [4.78, 5) is 0. The molecule has 0 aromatic heterocycles. The lowest BCUT2D eigenvalue weighted by molar-refractivity contribution is 0.381. The van der Waals surface area contributed by atoms with Crippen LogP contribution in [0.15, 0.2) is 24.3 Å². The molecule has 5 N–H and O–H groups in total. The highest BCUT2D eigenvalue weighted by Crippen LogP contribution is 2.17. The van der Waals surface area contributed by atoms with Crippen LogP contribution in [0.3, 0.4) is 0 Å². The van der Waals surface area contributed by atoms with Crippen LogP contribution in [0.25, 0.3) is 0 Å². The predicted octanol–water partition coefficient (Wildman–Crippen LogP) is 1.44. The van der Waals surface area contributed by atoms with E-state index < -0.39 is 10.4 Å². The van der Waals surface area contributed by atoms with E-state index in [4.69, 9.17) is 23.4 Å². The van der Waals surface area contributed by atoms with Crippen LogP contribution in [-0.2, 0) is 10.4 Å². The SMILES string of the molecule is CC(C)c1cccc(NN)c1.O=S(=O)(O)O. The second-order valence-electron chi connectivity index (χ2n) is 3.37. The third kappa shape index (κ3) is 8.18. The summed E-state index contributed by atoms with van der Waals surface area (Å²) >= 11 is 0. The quantitative estimate of drug-likeness (QED) is 0.358. The number of rotatable bonds is 2. The molecule has 0 fully saturated rings. The molecule has 16 heavy (non-hydrogen) atoms. The van der Waals surface area contributed by atoms with Crippen molar-refractivity contribution < 1.29 is 17.5 Å². The summed E-state index contributed by atoms with van der Waals surface area (Å²) in [6.45, 7) is 4.32. The third-order valence-electron chi connectivity index (χ3n) is 1.72. The van der Waals surface area contributed by atoms with Gasteiger partial charge < -0.3 is 5.43 Å². The highest BCUT2D eigenvalue weighted by Gasteiger charge is 1.97. The van der Waals surface area contributed by atoms with E-state index in [2.05, 4.69) is 31.4 Å². The number of nitrogen functional groups attached to an aromatic ring is 1. The minimum Gasteiger partial charge on any atom is -0.324 e. The van der Waals surface area contributed by atoms with Gasteiger partial charge in [0.25, 0.3) is 0 Å². The number of benzene rings is 1. The first-order valence-corrected chi connectivity index (χ1v) is 5.90. The van der Waals surface area contributed by atoms with Gasteiger partial charge in [-0.25, -0.2) is 0 Å². The lowest BCUT2D eigenvalue weighted by atomic mass is 10.0. The Labute approximate surface area is 95.0 Å². The van der Waals surface area contributed by atoms with E-state index in [0.717, 1.165) is 5.69 Å². The van der Waals surface area contributed by atoms with E-state index in [1.54, 1.807) is 0 Å². The molecular weight excluding hydrogens is 232 g/mol. The maximum atomic E-state index is 8.74. The minimum absolute atomic E-state index is 0.559. The van der Waals surface area contributed by atoms with E-state index in [1.165, 1.54) is 5.56 Å². The zero-order valence-corrected chi connectivity index (χ0v) is 9.90. The Hall–Kier alpha value is -1.15. The monoisotopic (exact) mass is 248 g/mol. The smallest absolute Gasteiger partial charge is 0.324 e. The number of hydrogen-bond acceptors (Lipinski definition) is 4. The molecule has 0 bridgehead atoms. The van der Waals surface area contributed by atoms with E-state index in [0.29, 0.717) is 5.92 Å². The van der Waals surface area contributed by atoms with Gasteiger partial charge in [0.1, 0.15) is 0 Å². The Morgan fingerprint density at radius 3 is 2.19 bits per heavy atom. The zero-order chi connectivity index (χ0) is 12.8. The molecule has 1 aromatic rings. The van der Waals surface area contributed by atoms with Crippen molar-refractivity contribution in [3.63, 3.8) is 0 Å². The Morgan fingerprint density at radius 1 is 1.31 bits per heavy atom. The molecule has 0 unspecified atom stereocenters. The van der Waals surface area contributed by atoms with Crippen LogP contribution in [0.4, 0.5) is 5.69 Å². The standard InChI is InChI=1S/C9H14N2.H2O4S/c1-7(2)8-4-3-5-9(6-8)11-10;1-5(2,3)4/h3-7,11H,10H2,1-2H3;(H2,1,2,3,4). The molecule has 0 aliphatic rings. The maximum Gasteiger partial charge on any atom is 0.394 e. The van der Waals surface area contributed by atoms with Crippen molar-refractivity contribution >= 4 is 16.1 Å². The van der Waals surface area contributed by atoms with Gasteiger partial charge in [0.2, 0.25) is 0 Å². The van der Waals surface area contributed by atoms with Crippen LogP contribution in [0.1, 0.15) is 25.3 Å². The van der Waals surface area contributed by atoms with E-state index in [9.17, 15) is 0 Å². The maximum absolute atomic E-state index is 8.74. The van der Waals surface area contributed by atoms with Crippen molar-refractivity contribution in [1.29, 1.82) is 0 Å². The van der Waals surface area contributed by atoms with Crippen molar-refractivity contribution in [2.75, 3.05) is 5.43 Å². The average molecular weight is 248 g/mol. The lowest BCUT2D eigenvalue weighted by Crippen LogP contribution is -2.06. The summed E-state index contributed by atoms with van der Waals surface area (Å²) in [5.74, 6) is 5.83. The van der Waals surface area contributed by atoms with Gasteiger partial charge in [-0.15, -0.1) is 0 Å². The zero-order valence-electron chi connectivity index (χ0n) is 9.08. The van der Waals surface area contributed by atoms with Crippen LogP contribution >= 0.6 is 0 Å². The molecule has 0 heterocycles. The van der Waals surface area contributed by atoms with Crippen LogP contribution < -0.4 is 11.3 Å². The van der Waals surface area contributed by atoms with E-state index in [-0.39, 0.29) is 0 Å². The van der Waals surface area contributed by atoms with Crippen molar-refractivity contribution in [3.05, 3.63) is 29.8 Å². The lowest BCUT2D eigenvalue weighted by Gasteiger charge is -2.06. The summed E-state index contributed by atoms with van der Waals surface area (Å²) in [6, 6.07) is 8.12. The van der Waals surface area contributed by atoms with Crippen molar-refractivity contribution in [2.24, 2.45) is 5.84 Å². The van der Waals surface area contributed by atoms with Gasteiger partial charge in [-0.05, 0) is 23.6 Å². The largest absolute Gasteiger partial charge is 0.394 e. The van der Waals surface area contributed by atoms with Crippen molar-refractivity contribution in [3.8, 4) is 0 Å². The molecular formula is C9H16N2O4S. The van der Waals surface area contributed by atoms with E-state index >= 15 is 0 Å². The molecule has 0 amide bonds. The minimum atomic E-state index is -4.67. The molecule has 0 saturated carbocycles. The fourth-order valence-electron chi connectivity index (χ4n) is 0.988. The molecule has 0 aliphatic heterocycles. The second kappa shape index (κ2) is 6.44. The van der Waals surface area contributed by atoms with Gasteiger partial charge in [-0.3, -0.25) is 14.9 Å². The molecule has 6 nitrogen and oxygen atoms in total. The molecule has 0 aliphatic carbocycles. The Kier molecular flexibility index (Phi) is 5.97. The summed E-state index contributed by atoms with van der Waals surface area (Å²) in [6.07, 6.45) is 0. The van der Waals surface area contributed by atoms with Gasteiger partial charge in [0.15, 0.2) is 0 Å². The summed E-state index contributed by atoms with van der Waals surface area (Å²) < 4.78 is 31.6. The normalized spacial score (nSPS) is 10.6. The fourth-order valence-corrected chi connectivity index (χ4v) is 0.988.